The highest BCUT2D eigenvalue weighted by molar-refractivity contribution is 5.77. The SMILES string of the molecule is CCOC(=O)C(NC(C)C)c1ccc(OCC)cc1. The van der Waals surface area contributed by atoms with Gasteiger partial charge in [0, 0.05) is 6.04 Å². The monoisotopic (exact) mass is 265 g/mol. The third-order valence-electron chi connectivity index (χ3n) is 2.55. The zero-order chi connectivity index (χ0) is 14.3. The molecule has 0 radical (unpaired) electrons. The number of nitrogens with one attached hydrogen (secondary N) is 1. The third-order valence-corrected chi connectivity index (χ3v) is 2.55. The smallest absolute Gasteiger partial charge is 0.327 e. The molecule has 0 amide bonds. The second-order valence-electron chi connectivity index (χ2n) is 4.51. The molecule has 1 aromatic carbocycles. The molecule has 0 spiro atoms. The summed E-state index contributed by atoms with van der Waals surface area (Å²) in [5.74, 6) is 0.554. The van der Waals surface area contributed by atoms with E-state index in [9.17, 15) is 4.79 Å². The molecule has 1 N–H and O–H groups in total. The van der Waals surface area contributed by atoms with Gasteiger partial charge in [0.2, 0.25) is 0 Å². The Hall–Kier alpha value is -1.55. The van der Waals surface area contributed by atoms with Crippen molar-refractivity contribution in [2.75, 3.05) is 13.2 Å². The van der Waals surface area contributed by atoms with Crippen LogP contribution in [0.1, 0.15) is 39.3 Å². The maximum atomic E-state index is 12.0. The Morgan fingerprint density at radius 2 is 1.79 bits per heavy atom. The van der Waals surface area contributed by atoms with Crippen molar-refractivity contribution in [3.8, 4) is 5.75 Å². The second kappa shape index (κ2) is 7.79. The van der Waals surface area contributed by atoms with Gasteiger partial charge >= 0.3 is 5.97 Å². The van der Waals surface area contributed by atoms with Crippen molar-refractivity contribution in [2.45, 2.75) is 39.8 Å². The van der Waals surface area contributed by atoms with E-state index in [4.69, 9.17) is 9.47 Å². The lowest BCUT2D eigenvalue weighted by Gasteiger charge is -2.20. The Kier molecular flexibility index (Phi) is 6.36. The van der Waals surface area contributed by atoms with E-state index in [1.807, 2.05) is 52.0 Å². The minimum Gasteiger partial charge on any atom is -0.494 e. The van der Waals surface area contributed by atoms with Gasteiger partial charge in [0.15, 0.2) is 0 Å². The van der Waals surface area contributed by atoms with E-state index in [1.165, 1.54) is 0 Å². The summed E-state index contributed by atoms with van der Waals surface area (Å²) in [7, 11) is 0. The van der Waals surface area contributed by atoms with Crippen LogP contribution in [0.5, 0.6) is 5.75 Å². The summed E-state index contributed by atoms with van der Waals surface area (Å²) in [4.78, 5) is 12.0. The van der Waals surface area contributed by atoms with Gasteiger partial charge in [-0.25, -0.2) is 4.79 Å². The first-order valence-corrected chi connectivity index (χ1v) is 6.73. The fraction of sp³-hybridized carbons (Fsp3) is 0.533. The van der Waals surface area contributed by atoms with Gasteiger partial charge in [-0.3, -0.25) is 5.32 Å². The molecule has 0 aliphatic carbocycles. The minimum atomic E-state index is -0.435. The fourth-order valence-electron chi connectivity index (χ4n) is 1.78. The summed E-state index contributed by atoms with van der Waals surface area (Å²) in [5, 5.41) is 3.22. The van der Waals surface area contributed by atoms with E-state index in [-0.39, 0.29) is 12.0 Å². The highest BCUT2D eigenvalue weighted by Crippen LogP contribution is 2.19. The molecule has 4 heteroatoms. The summed E-state index contributed by atoms with van der Waals surface area (Å²) in [6.07, 6.45) is 0. The molecule has 0 bridgehead atoms. The van der Waals surface area contributed by atoms with Crippen molar-refractivity contribution < 1.29 is 14.3 Å². The van der Waals surface area contributed by atoms with E-state index in [2.05, 4.69) is 5.32 Å². The van der Waals surface area contributed by atoms with Crippen LogP contribution < -0.4 is 10.1 Å². The molecule has 4 nitrogen and oxygen atoms in total. The molecular weight excluding hydrogens is 242 g/mol. The average molecular weight is 265 g/mol. The van der Waals surface area contributed by atoms with Crippen LogP contribution in [0.25, 0.3) is 0 Å². The van der Waals surface area contributed by atoms with E-state index >= 15 is 0 Å². The summed E-state index contributed by atoms with van der Waals surface area (Å²) in [6.45, 7) is 8.76. The Morgan fingerprint density at radius 3 is 2.26 bits per heavy atom. The number of hydrogen-bond acceptors (Lipinski definition) is 4. The van der Waals surface area contributed by atoms with Crippen LogP contribution in [0.3, 0.4) is 0 Å². The molecule has 106 valence electrons. The van der Waals surface area contributed by atoms with E-state index < -0.39 is 6.04 Å². The highest BCUT2D eigenvalue weighted by atomic mass is 16.5. The van der Waals surface area contributed by atoms with Crippen molar-refractivity contribution in [3.05, 3.63) is 29.8 Å². The van der Waals surface area contributed by atoms with Crippen LogP contribution in [0.15, 0.2) is 24.3 Å². The minimum absolute atomic E-state index is 0.195. The van der Waals surface area contributed by atoms with Gasteiger partial charge in [-0.1, -0.05) is 12.1 Å². The molecule has 19 heavy (non-hydrogen) atoms. The standard InChI is InChI=1S/C15H23NO3/c1-5-18-13-9-7-12(8-10-13)14(16-11(3)4)15(17)19-6-2/h7-11,14,16H,5-6H2,1-4H3. The Labute approximate surface area is 115 Å². The maximum Gasteiger partial charge on any atom is 0.327 e. The Balaban J connectivity index is 2.86. The molecule has 0 saturated heterocycles. The lowest BCUT2D eigenvalue weighted by molar-refractivity contribution is -0.146. The molecule has 0 aliphatic heterocycles. The molecule has 0 aliphatic rings. The number of rotatable bonds is 7. The van der Waals surface area contributed by atoms with Gasteiger partial charge in [0.25, 0.3) is 0 Å². The Morgan fingerprint density at radius 1 is 1.16 bits per heavy atom. The second-order valence-corrected chi connectivity index (χ2v) is 4.51. The van der Waals surface area contributed by atoms with Gasteiger partial charge in [-0.05, 0) is 45.4 Å². The number of esters is 1. The summed E-state index contributed by atoms with van der Waals surface area (Å²) in [6, 6.07) is 7.28. The van der Waals surface area contributed by atoms with Gasteiger partial charge in [0.05, 0.1) is 13.2 Å². The molecule has 0 heterocycles. The zero-order valence-corrected chi connectivity index (χ0v) is 12.1. The predicted octanol–water partition coefficient (Wildman–Crippen LogP) is 2.69. The summed E-state index contributed by atoms with van der Waals surface area (Å²) >= 11 is 0. The van der Waals surface area contributed by atoms with E-state index in [0.29, 0.717) is 13.2 Å². The van der Waals surface area contributed by atoms with Crippen LogP contribution >= 0.6 is 0 Å². The maximum absolute atomic E-state index is 12.0. The zero-order valence-electron chi connectivity index (χ0n) is 12.1. The van der Waals surface area contributed by atoms with E-state index in [0.717, 1.165) is 11.3 Å². The molecule has 0 fully saturated rings. The van der Waals surface area contributed by atoms with Crippen LogP contribution in [-0.2, 0) is 9.53 Å². The summed E-state index contributed by atoms with van der Waals surface area (Å²) in [5.41, 5.74) is 0.885. The van der Waals surface area contributed by atoms with Gasteiger partial charge in [-0.15, -0.1) is 0 Å². The van der Waals surface area contributed by atoms with Crippen molar-refractivity contribution in [2.24, 2.45) is 0 Å². The average Bonchev–Trinajstić information content (AvgIpc) is 2.37. The summed E-state index contributed by atoms with van der Waals surface area (Å²) < 4.78 is 10.5. The van der Waals surface area contributed by atoms with Crippen LogP contribution in [0, 0.1) is 0 Å². The molecule has 1 unspecified atom stereocenters. The molecule has 1 aromatic rings. The van der Waals surface area contributed by atoms with E-state index in [1.54, 1.807) is 0 Å². The fourth-order valence-corrected chi connectivity index (χ4v) is 1.78. The molecular formula is C15H23NO3. The lowest BCUT2D eigenvalue weighted by atomic mass is 10.1. The first-order valence-electron chi connectivity index (χ1n) is 6.73. The number of hydrogen-bond donors (Lipinski definition) is 1. The Bertz CT molecular complexity index is 387. The van der Waals surface area contributed by atoms with Gasteiger partial charge in [0.1, 0.15) is 11.8 Å². The third kappa shape index (κ3) is 4.91. The quantitative estimate of drug-likeness (QED) is 0.770. The number of carbonyl (C=O) groups is 1. The van der Waals surface area contributed by atoms with Crippen LogP contribution in [-0.4, -0.2) is 25.2 Å². The molecule has 0 saturated carbocycles. The normalized spacial score (nSPS) is 12.3. The molecule has 1 atom stereocenters. The first-order chi connectivity index (χ1) is 9.08. The first kappa shape index (κ1) is 15.5. The lowest BCUT2D eigenvalue weighted by Crippen LogP contribution is -2.34. The topological polar surface area (TPSA) is 47.6 Å². The largest absolute Gasteiger partial charge is 0.494 e. The van der Waals surface area contributed by atoms with Crippen LogP contribution in [0.2, 0.25) is 0 Å². The highest BCUT2D eigenvalue weighted by Gasteiger charge is 2.22. The predicted molar refractivity (Wildman–Crippen MR) is 75.3 cm³/mol. The van der Waals surface area contributed by atoms with Gasteiger partial charge < -0.3 is 9.47 Å². The van der Waals surface area contributed by atoms with Gasteiger partial charge in [-0.2, -0.15) is 0 Å². The molecule has 0 aromatic heterocycles. The van der Waals surface area contributed by atoms with Crippen molar-refractivity contribution in [3.63, 3.8) is 0 Å². The number of carbonyl (C=O) groups excluding carboxylic acids is 1. The number of ether oxygens (including phenoxy) is 2. The van der Waals surface area contributed by atoms with Crippen LogP contribution in [0.4, 0.5) is 0 Å². The van der Waals surface area contributed by atoms with Crippen molar-refractivity contribution in [1.82, 2.24) is 5.32 Å². The molecule has 1 rings (SSSR count). The van der Waals surface area contributed by atoms with Crippen molar-refractivity contribution in [1.29, 1.82) is 0 Å². The van der Waals surface area contributed by atoms with Crippen molar-refractivity contribution >= 4 is 5.97 Å². The number of benzene rings is 1.